The van der Waals surface area contributed by atoms with Gasteiger partial charge in [-0.25, -0.2) is 0 Å². The first-order valence-electron chi connectivity index (χ1n) is 14.7. The Morgan fingerprint density at radius 3 is 2.29 bits per heavy atom. The average molecular weight is 485 g/mol. The van der Waals surface area contributed by atoms with E-state index in [-0.39, 0.29) is 28.5 Å². The van der Waals surface area contributed by atoms with Gasteiger partial charge >= 0.3 is 5.97 Å². The Labute approximate surface area is 215 Å². The van der Waals surface area contributed by atoms with E-state index in [2.05, 4.69) is 55.4 Å². The molecule has 3 nitrogen and oxygen atoms in total. The summed E-state index contributed by atoms with van der Waals surface area (Å²) >= 11 is 0. The second-order valence-electron chi connectivity index (χ2n) is 15.1. The molecule has 0 aromatic heterocycles. The SMILES string of the molecule is CC(=O)O[C@H]1CC[C@]2(C)C3=C(CC[C@H]2C1(C)C)[C@]1(C)CC[C@H]([C@H](C)CC[C@H]2OC2(C)C)[C@@]1(C)CC3. The molecule has 0 aromatic rings. The van der Waals surface area contributed by atoms with Crippen LogP contribution in [-0.2, 0) is 14.3 Å². The molecule has 0 aromatic carbocycles. The molecule has 0 unspecified atom stereocenters. The van der Waals surface area contributed by atoms with Crippen LogP contribution in [0.3, 0.4) is 0 Å². The maximum atomic E-state index is 11.8. The second kappa shape index (κ2) is 8.08. The molecule has 0 radical (unpaired) electrons. The normalized spacial score (nSPS) is 46.3. The number of carbonyl (C=O) groups excluding carboxylic acids is 1. The summed E-state index contributed by atoms with van der Waals surface area (Å²) in [7, 11) is 0. The maximum Gasteiger partial charge on any atom is 0.302 e. The van der Waals surface area contributed by atoms with Crippen LogP contribution < -0.4 is 0 Å². The summed E-state index contributed by atoms with van der Waals surface area (Å²) in [4.78, 5) is 11.8. The molecule has 3 fully saturated rings. The minimum Gasteiger partial charge on any atom is -0.462 e. The zero-order valence-electron chi connectivity index (χ0n) is 24.2. The van der Waals surface area contributed by atoms with Crippen molar-refractivity contribution in [3.05, 3.63) is 11.1 Å². The first-order valence-corrected chi connectivity index (χ1v) is 14.7. The van der Waals surface area contributed by atoms with Crippen LogP contribution in [0.2, 0.25) is 0 Å². The third-order valence-corrected chi connectivity index (χ3v) is 12.8. The number of fused-ring (bicyclic) bond motifs is 4. The molecule has 0 bridgehead atoms. The van der Waals surface area contributed by atoms with Crippen molar-refractivity contribution in [1.29, 1.82) is 0 Å². The lowest BCUT2D eigenvalue weighted by molar-refractivity contribution is -0.167. The molecule has 5 rings (SSSR count). The van der Waals surface area contributed by atoms with Crippen molar-refractivity contribution in [2.24, 2.45) is 39.4 Å². The topological polar surface area (TPSA) is 38.8 Å². The highest BCUT2D eigenvalue weighted by Gasteiger charge is 2.63. The average Bonchev–Trinajstić information content (AvgIpc) is 3.26. The van der Waals surface area contributed by atoms with Gasteiger partial charge in [-0.1, -0.05) is 52.7 Å². The fourth-order valence-corrected chi connectivity index (χ4v) is 10.4. The van der Waals surface area contributed by atoms with Gasteiger partial charge in [0.05, 0.1) is 11.7 Å². The predicted octanol–water partition coefficient (Wildman–Crippen LogP) is 8.26. The monoisotopic (exact) mass is 484 g/mol. The van der Waals surface area contributed by atoms with Crippen LogP contribution in [0, 0.1) is 39.4 Å². The highest BCUT2D eigenvalue weighted by molar-refractivity contribution is 5.66. The van der Waals surface area contributed by atoms with Crippen LogP contribution >= 0.6 is 0 Å². The zero-order chi connectivity index (χ0) is 25.6. The maximum absolute atomic E-state index is 11.8. The summed E-state index contributed by atoms with van der Waals surface area (Å²) in [5, 5.41) is 0. The Bertz CT molecular complexity index is 914. The van der Waals surface area contributed by atoms with Gasteiger partial charge in [-0.2, -0.15) is 0 Å². The minimum atomic E-state index is -0.119. The zero-order valence-corrected chi connectivity index (χ0v) is 24.2. The van der Waals surface area contributed by atoms with Crippen LogP contribution in [0.4, 0.5) is 0 Å². The van der Waals surface area contributed by atoms with Gasteiger partial charge in [-0.05, 0) is 112 Å². The van der Waals surface area contributed by atoms with E-state index in [0.717, 1.165) is 18.3 Å². The van der Waals surface area contributed by atoms with Crippen molar-refractivity contribution >= 4 is 5.97 Å². The van der Waals surface area contributed by atoms with Gasteiger partial charge in [0.2, 0.25) is 0 Å². The summed E-state index contributed by atoms with van der Waals surface area (Å²) in [6.45, 7) is 21.2. The van der Waals surface area contributed by atoms with Crippen LogP contribution in [0.1, 0.15) is 127 Å². The Hall–Kier alpha value is -0.830. The van der Waals surface area contributed by atoms with Crippen LogP contribution in [0.5, 0.6) is 0 Å². The second-order valence-corrected chi connectivity index (χ2v) is 15.1. The van der Waals surface area contributed by atoms with E-state index in [1.807, 2.05) is 11.1 Å². The Morgan fingerprint density at radius 2 is 1.66 bits per heavy atom. The number of ether oxygens (including phenoxy) is 2. The van der Waals surface area contributed by atoms with Gasteiger partial charge in [0.15, 0.2) is 0 Å². The molecule has 4 aliphatic carbocycles. The molecule has 0 spiro atoms. The Balaban J connectivity index is 1.40. The molecule has 198 valence electrons. The molecule has 1 heterocycles. The first kappa shape index (κ1) is 25.8. The standard InChI is InChI=1S/C32H52O3/c1-20(10-13-27-29(5,6)35-27)22-14-18-32(9)24-11-12-25-28(3,4)26(34-21(2)33)16-17-30(25,7)23(24)15-19-31(22,32)8/h20,22,25-27H,10-19H2,1-9H3/t20-,22-,25+,26+,27-,30-,31-,32+/m1/s1. The summed E-state index contributed by atoms with van der Waals surface area (Å²) in [6, 6.07) is 0. The number of carbonyl (C=O) groups is 1. The predicted molar refractivity (Wildman–Crippen MR) is 142 cm³/mol. The van der Waals surface area contributed by atoms with Crippen molar-refractivity contribution in [3.63, 3.8) is 0 Å². The first-order chi connectivity index (χ1) is 16.2. The van der Waals surface area contributed by atoms with Crippen molar-refractivity contribution in [2.75, 3.05) is 0 Å². The number of allylic oxidation sites excluding steroid dienone is 2. The Morgan fingerprint density at radius 1 is 0.971 bits per heavy atom. The summed E-state index contributed by atoms with van der Waals surface area (Å²) < 4.78 is 11.8. The number of rotatable bonds is 5. The molecule has 2 saturated carbocycles. The van der Waals surface area contributed by atoms with Crippen LogP contribution in [-0.4, -0.2) is 23.8 Å². The van der Waals surface area contributed by atoms with Gasteiger partial charge in [0.25, 0.3) is 0 Å². The van der Waals surface area contributed by atoms with E-state index in [0.29, 0.717) is 22.9 Å². The summed E-state index contributed by atoms with van der Waals surface area (Å²) in [6.07, 6.45) is 13.1. The fraction of sp³-hybridized carbons (Fsp3) is 0.906. The molecule has 0 amide bonds. The highest BCUT2D eigenvalue weighted by Crippen LogP contribution is 2.72. The van der Waals surface area contributed by atoms with Crippen molar-refractivity contribution < 1.29 is 14.3 Å². The van der Waals surface area contributed by atoms with Crippen molar-refractivity contribution in [3.8, 4) is 0 Å². The lowest BCUT2D eigenvalue weighted by Crippen LogP contribution is -2.55. The minimum absolute atomic E-state index is 0.0320. The van der Waals surface area contributed by atoms with E-state index < -0.39 is 0 Å². The quantitative estimate of drug-likeness (QED) is 0.224. The number of hydrogen-bond donors (Lipinski definition) is 0. The number of epoxide rings is 1. The Kier molecular flexibility index (Phi) is 5.96. The van der Waals surface area contributed by atoms with Gasteiger partial charge in [0, 0.05) is 12.3 Å². The van der Waals surface area contributed by atoms with Gasteiger partial charge < -0.3 is 9.47 Å². The smallest absolute Gasteiger partial charge is 0.302 e. The van der Waals surface area contributed by atoms with Crippen molar-refractivity contribution in [2.45, 2.75) is 144 Å². The molecular weight excluding hydrogens is 432 g/mol. The van der Waals surface area contributed by atoms with Crippen LogP contribution in [0.15, 0.2) is 11.1 Å². The molecule has 1 saturated heterocycles. The van der Waals surface area contributed by atoms with E-state index in [1.54, 1.807) is 6.92 Å². The molecule has 3 heteroatoms. The third kappa shape index (κ3) is 3.71. The van der Waals surface area contributed by atoms with E-state index in [1.165, 1.54) is 57.8 Å². The number of hydrogen-bond acceptors (Lipinski definition) is 3. The summed E-state index contributed by atoms with van der Waals surface area (Å²) in [5.74, 6) is 2.07. The van der Waals surface area contributed by atoms with E-state index >= 15 is 0 Å². The van der Waals surface area contributed by atoms with E-state index in [9.17, 15) is 4.79 Å². The van der Waals surface area contributed by atoms with Gasteiger partial charge in [0.1, 0.15) is 6.10 Å². The van der Waals surface area contributed by atoms with E-state index in [4.69, 9.17) is 9.47 Å². The molecule has 8 atom stereocenters. The largest absolute Gasteiger partial charge is 0.462 e. The molecule has 5 aliphatic rings. The van der Waals surface area contributed by atoms with Gasteiger partial charge in [-0.3, -0.25) is 4.79 Å². The highest BCUT2D eigenvalue weighted by atomic mass is 16.6. The lowest BCUT2D eigenvalue weighted by Gasteiger charge is -2.62. The molecule has 35 heavy (non-hydrogen) atoms. The third-order valence-electron chi connectivity index (χ3n) is 12.8. The molecule has 1 aliphatic heterocycles. The summed E-state index contributed by atoms with van der Waals surface area (Å²) in [5.41, 5.74) is 4.85. The molecule has 0 N–H and O–H groups in total. The van der Waals surface area contributed by atoms with Crippen molar-refractivity contribution in [1.82, 2.24) is 0 Å². The lowest BCUT2D eigenvalue weighted by atomic mass is 9.43. The molecular formula is C32H52O3. The van der Waals surface area contributed by atoms with Crippen LogP contribution in [0.25, 0.3) is 0 Å². The van der Waals surface area contributed by atoms with Gasteiger partial charge in [-0.15, -0.1) is 0 Å². The fourth-order valence-electron chi connectivity index (χ4n) is 10.4. The number of esters is 1.